The number of pyridine rings is 1. The van der Waals surface area contributed by atoms with Crippen LogP contribution >= 0.6 is 0 Å². The van der Waals surface area contributed by atoms with E-state index in [0.717, 1.165) is 10.9 Å². The average Bonchev–Trinajstić information content (AvgIpc) is 2.47. The predicted octanol–water partition coefficient (Wildman–Crippen LogP) is 1.41. The average molecular weight is 324 g/mol. The molecule has 0 aliphatic carbocycles. The molecular weight excluding hydrogens is 304 g/mol. The molecule has 0 unspecified atom stereocenters. The van der Waals surface area contributed by atoms with Crippen molar-refractivity contribution < 1.29 is 13.2 Å². The lowest BCUT2D eigenvalue weighted by Gasteiger charge is -2.07. The number of H-pyrrole nitrogens is 1. The number of methoxy groups -OCH3 is 1. The molecule has 1 heterocycles. The Bertz CT molecular complexity index is 812. The summed E-state index contributed by atoms with van der Waals surface area (Å²) in [4.78, 5) is 14.8. The first kappa shape index (κ1) is 16.5. The molecule has 0 saturated carbocycles. The van der Waals surface area contributed by atoms with Crippen molar-refractivity contribution in [1.29, 1.82) is 0 Å². The maximum Gasteiger partial charge on any atom is 0.251 e. The van der Waals surface area contributed by atoms with E-state index in [0.29, 0.717) is 24.2 Å². The zero-order valence-corrected chi connectivity index (χ0v) is 13.5. The first-order chi connectivity index (χ1) is 10.4. The normalized spacial score (nSPS) is 11.7. The van der Waals surface area contributed by atoms with E-state index in [1.54, 1.807) is 32.2 Å². The smallest absolute Gasteiger partial charge is 0.251 e. The third kappa shape index (κ3) is 4.08. The van der Waals surface area contributed by atoms with E-state index in [-0.39, 0.29) is 17.9 Å². The molecule has 1 aromatic carbocycles. The molecule has 0 saturated heterocycles. The van der Waals surface area contributed by atoms with Crippen LogP contribution in [-0.2, 0) is 16.4 Å². The number of hydrogen-bond acceptors (Lipinski definition) is 4. The first-order valence-corrected chi connectivity index (χ1v) is 8.77. The van der Waals surface area contributed by atoms with E-state index < -0.39 is 10.0 Å². The highest BCUT2D eigenvalue weighted by Crippen LogP contribution is 2.18. The highest BCUT2D eigenvalue weighted by atomic mass is 32.2. The maximum atomic E-state index is 12.0. The van der Waals surface area contributed by atoms with Gasteiger partial charge in [0.15, 0.2) is 0 Å². The minimum atomic E-state index is -3.25. The Hall–Kier alpha value is -1.86. The molecule has 6 nitrogen and oxygen atoms in total. The Morgan fingerprint density at radius 2 is 2.05 bits per heavy atom. The van der Waals surface area contributed by atoms with Gasteiger partial charge in [-0.15, -0.1) is 0 Å². The summed E-state index contributed by atoms with van der Waals surface area (Å²) < 4.78 is 30.8. The number of rotatable bonds is 7. The second kappa shape index (κ2) is 6.93. The quantitative estimate of drug-likeness (QED) is 0.806. The van der Waals surface area contributed by atoms with Gasteiger partial charge in [0.1, 0.15) is 5.75 Å². The van der Waals surface area contributed by atoms with Gasteiger partial charge in [0.25, 0.3) is 5.56 Å². The topological polar surface area (TPSA) is 88.3 Å². The van der Waals surface area contributed by atoms with Gasteiger partial charge in [-0.1, -0.05) is 6.92 Å². The van der Waals surface area contributed by atoms with Gasteiger partial charge in [-0.05, 0) is 37.1 Å². The first-order valence-electron chi connectivity index (χ1n) is 7.12. The Kier molecular flexibility index (Phi) is 5.20. The number of nitrogens with one attached hydrogen (secondary N) is 2. The molecule has 0 radical (unpaired) electrons. The molecule has 7 heteroatoms. The van der Waals surface area contributed by atoms with Gasteiger partial charge in [-0.3, -0.25) is 4.79 Å². The molecular formula is C15H20N2O4S. The van der Waals surface area contributed by atoms with Gasteiger partial charge in [-0.25, -0.2) is 13.1 Å². The van der Waals surface area contributed by atoms with Crippen molar-refractivity contribution in [1.82, 2.24) is 9.71 Å². The van der Waals surface area contributed by atoms with Crippen LogP contribution in [0, 0.1) is 0 Å². The van der Waals surface area contributed by atoms with Crippen LogP contribution in [0.4, 0.5) is 0 Å². The Morgan fingerprint density at radius 3 is 2.73 bits per heavy atom. The number of aromatic amines is 1. The van der Waals surface area contributed by atoms with E-state index in [1.807, 2.05) is 6.07 Å². The van der Waals surface area contributed by atoms with E-state index in [4.69, 9.17) is 4.74 Å². The molecule has 0 amide bonds. The standard InChI is InChI=1S/C15H20N2O4S/c1-3-8-22(19,20)16-7-6-11-9-12-10-13(21-2)4-5-14(12)17-15(11)18/h4-5,9-10,16H,3,6-8H2,1-2H3,(H,17,18). The molecule has 120 valence electrons. The maximum absolute atomic E-state index is 12.0. The van der Waals surface area contributed by atoms with Crippen LogP contribution in [0.1, 0.15) is 18.9 Å². The van der Waals surface area contributed by atoms with Gasteiger partial charge in [0.05, 0.1) is 12.9 Å². The summed E-state index contributed by atoms with van der Waals surface area (Å²) >= 11 is 0. The van der Waals surface area contributed by atoms with Gasteiger partial charge >= 0.3 is 0 Å². The van der Waals surface area contributed by atoms with Crippen LogP contribution in [0.5, 0.6) is 5.75 Å². The monoisotopic (exact) mass is 324 g/mol. The van der Waals surface area contributed by atoms with Crippen molar-refractivity contribution in [2.75, 3.05) is 19.4 Å². The summed E-state index contributed by atoms with van der Waals surface area (Å²) in [5.74, 6) is 0.798. The van der Waals surface area contributed by atoms with Crippen molar-refractivity contribution in [3.05, 3.63) is 40.2 Å². The third-order valence-corrected chi connectivity index (χ3v) is 4.91. The van der Waals surface area contributed by atoms with Crippen LogP contribution in [0.15, 0.2) is 29.1 Å². The molecule has 0 fully saturated rings. The highest BCUT2D eigenvalue weighted by Gasteiger charge is 2.09. The van der Waals surface area contributed by atoms with Gasteiger partial charge in [-0.2, -0.15) is 0 Å². The molecule has 22 heavy (non-hydrogen) atoms. The Labute approximate surface area is 129 Å². The van der Waals surface area contributed by atoms with Gasteiger partial charge in [0.2, 0.25) is 10.0 Å². The zero-order chi connectivity index (χ0) is 16.2. The summed E-state index contributed by atoms with van der Waals surface area (Å²) in [6.07, 6.45) is 0.900. The highest BCUT2D eigenvalue weighted by molar-refractivity contribution is 7.89. The van der Waals surface area contributed by atoms with Crippen molar-refractivity contribution >= 4 is 20.9 Å². The lowest BCUT2D eigenvalue weighted by atomic mass is 10.1. The lowest BCUT2D eigenvalue weighted by molar-refractivity contribution is 0.415. The van der Waals surface area contributed by atoms with Crippen molar-refractivity contribution in [3.8, 4) is 5.75 Å². The van der Waals surface area contributed by atoms with Gasteiger partial charge in [0, 0.05) is 23.0 Å². The summed E-state index contributed by atoms with van der Waals surface area (Å²) in [6, 6.07) is 7.15. The number of sulfonamides is 1. The van der Waals surface area contributed by atoms with Crippen molar-refractivity contribution in [3.63, 3.8) is 0 Å². The fraction of sp³-hybridized carbons (Fsp3) is 0.400. The molecule has 0 bridgehead atoms. The van der Waals surface area contributed by atoms with Gasteiger partial charge < -0.3 is 9.72 Å². The van der Waals surface area contributed by atoms with Crippen LogP contribution in [0.3, 0.4) is 0 Å². The molecule has 0 aliphatic heterocycles. The van der Waals surface area contributed by atoms with E-state index in [9.17, 15) is 13.2 Å². The molecule has 0 aliphatic rings. The van der Waals surface area contributed by atoms with E-state index in [1.165, 1.54) is 0 Å². The fourth-order valence-corrected chi connectivity index (χ4v) is 3.32. The molecule has 2 N–H and O–H groups in total. The number of ether oxygens (including phenoxy) is 1. The SMILES string of the molecule is CCCS(=O)(=O)NCCc1cc2cc(OC)ccc2[nH]c1=O. The summed E-state index contributed by atoms with van der Waals surface area (Å²) in [7, 11) is -1.67. The number of benzene rings is 1. The van der Waals surface area contributed by atoms with E-state index in [2.05, 4.69) is 9.71 Å². The molecule has 1 aromatic heterocycles. The molecule has 2 aromatic rings. The van der Waals surface area contributed by atoms with Crippen LogP contribution in [-0.4, -0.2) is 32.8 Å². The minimum Gasteiger partial charge on any atom is -0.497 e. The van der Waals surface area contributed by atoms with Crippen LogP contribution in [0.2, 0.25) is 0 Å². The second-order valence-corrected chi connectivity index (χ2v) is 6.97. The summed E-state index contributed by atoms with van der Waals surface area (Å²) in [5, 5.41) is 0.852. The number of aromatic nitrogens is 1. The fourth-order valence-electron chi connectivity index (χ4n) is 2.22. The number of hydrogen-bond donors (Lipinski definition) is 2. The van der Waals surface area contributed by atoms with E-state index >= 15 is 0 Å². The Morgan fingerprint density at radius 1 is 1.27 bits per heavy atom. The lowest BCUT2D eigenvalue weighted by Crippen LogP contribution is -2.29. The molecule has 0 atom stereocenters. The van der Waals surface area contributed by atoms with Crippen LogP contribution in [0.25, 0.3) is 10.9 Å². The zero-order valence-electron chi connectivity index (χ0n) is 12.7. The van der Waals surface area contributed by atoms with Crippen molar-refractivity contribution in [2.45, 2.75) is 19.8 Å². The summed E-state index contributed by atoms with van der Waals surface area (Å²) in [6.45, 7) is 2.02. The van der Waals surface area contributed by atoms with Crippen LogP contribution < -0.4 is 15.0 Å². The predicted molar refractivity (Wildman–Crippen MR) is 86.9 cm³/mol. The second-order valence-electron chi connectivity index (χ2n) is 5.04. The minimum absolute atomic E-state index is 0.0955. The largest absolute Gasteiger partial charge is 0.497 e. The third-order valence-electron chi connectivity index (χ3n) is 3.32. The van der Waals surface area contributed by atoms with Crippen molar-refractivity contribution in [2.24, 2.45) is 0 Å². The summed E-state index contributed by atoms with van der Waals surface area (Å²) in [5.41, 5.74) is 1.06. The molecule has 2 rings (SSSR count). The molecule has 0 spiro atoms. The Balaban J connectivity index is 2.17. The number of fused-ring (bicyclic) bond motifs is 1.